The highest BCUT2D eigenvalue weighted by molar-refractivity contribution is 5.09. The molecule has 0 aromatic carbocycles. The van der Waals surface area contributed by atoms with Gasteiger partial charge in [0, 0.05) is 19.0 Å². The number of nitrogens with zero attached hydrogens (tertiary/aromatic N) is 2. The molecule has 2 rings (SSSR count). The SMILES string of the molecule is CCC1CCC(CN)(C(O)c2cncn2C)CC1. The molecule has 4 heteroatoms. The first kappa shape index (κ1) is 13.6. The minimum atomic E-state index is -0.493. The molecule has 0 bridgehead atoms. The third-order valence-electron chi connectivity index (χ3n) is 4.80. The van der Waals surface area contributed by atoms with E-state index in [4.69, 9.17) is 5.73 Å². The fourth-order valence-corrected chi connectivity index (χ4v) is 3.19. The van der Waals surface area contributed by atoms with Crippen molar-refractivity contribution in [3.8, 4) is 0 Å². The van der Waals surface area contributed by atoms with Gasteiger partial charge in [-0.3, -0.25) is 0 Å². The molecule has 1 atom stereocenters. The van der Waals surface area contributed by atoms with Crippen molar-refractivity contribution in [3.63, 3.8) is 0 Å². The lowest BCUT2D eigenvalue weighted by Gasteiger charge is -2.42. The minimum Gasteiger partial charge on any atom is -0.386 e. The van der Waals surface area contributed by atoms with Gasteiger partial charge in [0.15, 0.2) is 0 Å². The second-order valence-electron chi connectivity index (χ2n) is 5.75. The number of aliphatic hydroxyl groups excluding tert-OH is 1. The summed E-state index contributed by atoms with van der Waals surface area (Å²) >= 11 is 0. The van der Waals surface area contributed by atoms with Crippen molar-refractivity contribution in [2.45, 2.75) is 45.1 Å². The zero-order chi connectivity index (χ0) is 13.2. The Hall–Kier alpha value is -0.870. The second kappa shape index (κ2) is 5.41. The Morgan fingerprint density at radius 3 is 2.67 bits per heavy atom. The summed E-state index contributed by atoms with van der Waals surface area (Å²) in [5.74, 6) is 0.809. The highest BCUT2D eigenvalue weighted by Crippen LogP contribution is 2.47. The van der Waals surface area contributed by atoms with Gasteiger partial charge in [-0.2, -0.15) is 0 Å². The van der Waals surface area contributed by atoms with Crippen LogP contribution < -0.4 is 5.73 Å². The molecule has 1 heterocycles. The number of imidazole rings is 1. The van der Waals surface area contributed by atoms with Gasteiger partial charge in [-0.1, -0.05) is 13.3 Å². The Morgan fingerprint density at radius 1 is 1.56 bits per heavy atom. The van der Waals surface area contributed by atoms with Gasteiger partial charge < -0.3 is 15.4 Å². The van der Waals surface area contributed by atoms with Gasteiger partial charge in [-0.15, -0.1) is 0 Å². The maximum Gasteiger partial charge on any atom is 0.102 e. The molecule has 1 aliphatic carbocycles. The molecular formula is C14H25N3O. The summed E-state index contributed by atoms with van der Waals surface area (Å²) in [4.78, 5) is 4.10. The van der Waals surface area contributed by atoms with Crippen LogP contribution in [0, 0.1) is 11.3 Å². The van der Waals surface area contributed by atoms with Gasteiger partial charge in [-0.25, -0.2) is 4.98 Å². The molecule has 1 saturated carbocycles. The maximum absolute atomic E-state index is 10.7. The summed E-state index contributed by atoms with van der Waals surface area (Å²) < 4.78 is 1.90. The summed E-state index contributed by atoms with van der Waals surface area (Å²) in [7, 11) is 1.92. The topological polar surface area (TPSA) is 64.1 Å². The lowest BCUT2D eigenvalue weighted by atomic mass is 9.66. The van der Waals surface area contributed by atoms with Crippen molar-refractivity contribution < 1.29 is 5.11 Å². The Morgan fingerprint density at radius 2 is 2.22 bits per heavy atom. The Kier molecular flexibility index (Phi) is 4.07. The minimum absolute atomic E-state index is 0.153. The lowest BCUT2D eigenvalue weighted by Crippen LogP contribution is -2.40. The molecule has 18 heavy (non-hydrogen) atoms. The molecule has 0 amide bonds. The fraction of sp³-hybridized carbons (Fsp3) is 0.786. The van der Waals surface area contributed by atoms with Crippen LogP contribution in [0.15, 0.2) is 12.5 Å². The van der Waals surface area contributed by atoms with Crippen LogP contribution in [0.3, 0.4) is 0 Å². The van der Waals surface area contributed by atoms with E-state index in [-0.39, 0.29) is 5.41 Å². The standard InChI is InChI=1S/C14H25N3O/c1-3-11-4-6-14(9-15,7-5-11)13(18)12-8-16-10-17(12)2/h8,10-11,13,18H,3-7,9,15H2,1-2H3. The normalized spacial score (nSPS) is 30.3. The zero-order valence-corrected chi connectivity index (χ0v) is 11.5. The number of aliphatic hydroxyl groups is 1. The molecule has 0 aliphatic heterocycles. The summed E-state index contributed by atoms with van der Waals surface area (Å²) in [5.41, 5.74) is 6.72. The molecule has 0 spiro atoms. The first-order valence-electron chi connectivity index (χ1n) is 6.97. The summed E-state index contributed by atoms with van der Waals surface area (Å²) in [6, 6.07) is 0. The van der Waals surface area contributed by atoms with Crippen molar-refractivity contribution in [1.82, 2.24) is 9.55 Å². The van der Waals surface area contributed by atoms with Crippen LogP contribution in [0.4, 0.5) is 0 Å². The van der Waals surface area contributed by atoms with Crippen molar-refractivity contribution in [2.24, 2.45) is 24.1 Å². The van der Waals surface area contributed by atoms with Crippen molar-refractivity contribution in [1.29, 1.82) is 0 Å². The van der Waals surface area contributed by atoms with Crippen molar-refractivity contribution >= 4 is 0 Å². The zero-order valence-electron chi connectivity index (χ0n) is 11.5. The van der Waals surface area contributed by atoms with Crippen LogP contribution in [-0.2, 0) is 7.05 Å². The third kappa shape index (κ3) is 2.31. The average molecular weight is 251 g/mol. The molecule has 1 aliphatic rings. The van der Waals surface area contributed by atoms with E-state index in [1.807, 2.05) is 11.6 Å². The Bertz CT molecular complexity index is 380. The maximum atomic E-state index is 10.7. The monoisotopic (exact) mass is 251 g/mol. The van der Waals surface area contributed by atoms with Gasteiger partial charge >= 0.3 is 0 Å². The number of rotatable bonds is 4. The fourth-order valence-electron chi connectivity index (χ4n) is 3.19. The molecule has 0 radical (unpaired) electrons. The molecule has 1 aromatic rings. The molecule has 0 saturated heterocycles. The van der Waals surface area contributed by atoms with Gasteiger partial charge in [0.2, 0.25) is 0 Å². The lowest BCUT2D eigenvalue weighted by molar-refractivity contribution is -0.0145. The van der Waals surface area contributed by atoms with Crippen LogP contribution in [0.2, 0.25) is 0 Å². The molecule has 1 unspecified atom stereocenters. The van der Waals surface area contributed by atoms with Gasteiger partial charge in [0.1, 0.15) is 6.10 Å². The molecule has 102 valence electrons. The first-order valence-corrected chi connectivity index (χ1v) is 6.97. The Balaban J connectivity index is 2.16. The predicted octanol–water partition coefficient (Wildman–Crippen LogP) is 2.00. The molecule has 4 nitrogen and oxygen atoms in total. The van der Waals surface area contributed by atoms with Gasteiger partial charge in [0.05, 0.1) is 18.2 Å². The third-order valence-corrected chi connectivity index (χ3v) is 4.80. The average Bonchev–Trinajstić information content (AvgIpc) is 2.84. The summed E-state index contributed by atoms with van der Waals surface area (Å²) in [6.07, 6.45) is 8.65. The van der Waals surface area contributed by atoms with Crippen LogP contribution in [0.25, 0.3) is 0 Å². The number of nitrogens with two attached hydrogens (primary N) is 1. The van der Waals surface area contributed by atoms with Crippen molar-refractivity contribution in [2.75, 3.05) is 6.54 Å². The molecular weight excluding hydrogens is 226 g/mol. The van der Waals surface area contributed by atoms with E-state index in [2.05, 4.69) is 11.9 Å². The highest BCUT2D eigenvalue weighted by Gasteiger charge is 2.41. The van der Waals surface area contributed by atoms with Crippen LogP contribution >= 0.6 is 0 Å². The molecule has 1 fully saturated rings. The predicted molar refractivity (Wildman–Crippen MR) is 71.9 cm³/mol. The van der Waals surface area contributed by atoms with E-state index in [0.717, 1.165) is 24.5 Å². The summed E-state index contributed by atoms with van der Waals surface area (Å²) in [5, 5.41) is 10.7. The van der Waals surface area contributed by atoms with Crippen LogP contribution in [-0.4, -0.2) is 21.2 Å². The van der Waals surface area contributed by atoms with Crippen molar-refractivity contribution in [3.05, 3.63) is 18.2 Å². The Labute approximate surface area is 109 Å². The summed E-state index contributed by atoms with van der Waals surface area (Å²) in [6.45, 7) is 2.80. The largest absolute Gasteiger partial charge is 0.386 e. The van der Waals surface area contributed by atoms with E-state index >= 15 is 0 Å². The molecule has 1 aromatic heterocycles. The quantitative estimate of drug-likeness (QED) is 0.860. The number of hydrogen-bond donors (Lipinski definition) is 2. The highest BCUT2D eigenvalue weighted by atomic mass is 16.3. The van der Waals surface area contributed by atoms with E-state index < -0.39 is 6.10 Å². The number of aryl methyl sites for hydroxylation is 1. The smallest absolute Gasteiger partial charge is 0.102 e. The van der Waals surface area contributed by atoms with E-state index in [9.17, 15) is 5.11 Å². The first-order chi connectivity index (χ1) is 8.63. The van der Waals surface area contributed by atoms with Crippen LogP contribution in [0.5, 0.6) is 0 Å². The van der Waals surface area contributed by atoms with E-state index in [0.29, 0.717) is 6.54 Å². The van der Waals surface area contributed by atoms with Crippen LogP contribution in [0.1, 0.15) is 50.8 Å². The van der Waals surface area contributed by atoms with E-state index in [1.54, 1.807) is 12.5 Å². The number of aromatic nitrogens is 2. The van der Waals surface area contributed by atoms with Gasteiger partial charge in [-0.05, 0) is 31.6 Å². The molecule has 3 N–H and O–H groups in total. The number of hydrogen-bond acceptors (Lipinski definition) is 3. The second-order valence-corrected chi connectivity index (χ2v) is 5.75. The van der Waals surface area contributed by atoms with Gasteiger partial charge in [0.25, 0.3) is 0 Å². The van der Waals surface area contributed by atoms with E-state index in [1.165, 1.54) is 19.3 Å².